The predicted molar refractivity (Wildman–Crippen MR) is 113 cm³/mol. The van der Waals surface area contributed by atoms with Gasteiger partial charge in [-0.25, -0.2) is 8.42 Å². The number of carbonyl (C=O) groups is 1. The van der Waals surface area contributed by atoms with Crippen molar-refractivity contribution in [2.24, 2.45) is 4.99 Å². The maximum absolute atomic E-state index is 12.9. The van der Waals surface area contributed by atoms with Crippen molar-refractivity contribution >= 4 is 27.5 Å². The van der Waals surface area contributed by atoms with E-state index in [-0.39, 0.29) is 16.6 Å². The Hall–Kier alpha value is -2.87. The number of hydrogen-bond donors (Lipinski definition) is 2. The summed E-state index contributed by atoms with van der Waals surface area (Å²) >= 11 is 0. The van der Waals surface area contributed by atoms with E-state index in [0.717, 1.165) is 18.6 Å². The Morgan fingerprint density at radius 1 is 1.14 bits per heavy atom. The second-order valence-electron chi connectivity index (χ2n) is 6.68. The number of sulfonamides is 1. The van der Waals surface area contributed by atoms with Crippen molar-refractivity contribution < 1.29 is 17.9 Å². The van der Waals surface area contributed by atoms with Gasteiger partial charge in [0.1, 0.15) is 17.6 Å². The zero-order valence-electron chi connectivity index (χ0n) is 16.5. The van der Waals surface area contributed by atoms with E-state index in [1.165, 1.54) is 6.07 Å². The van der Waals surface area contributed by atoms with Gasteiger partial charge in [-0.2, -0.15) is 0 Å². The van der Waals surface area contributed by atoms with Gasteiger partial charge in [0.25, 0.3) is 10.0 Å². The first-order valence-corrected chi connectivity index (χ1v) is 11.2. The number of nitrogens with zero attached hydrogens (tertiary/aromatic N) is 1. The van der Waals surface area contributed by atoms with E-state index in [4.69, 9.17) is 4.74 Å². The van der Waals surface area contributed by atoms with E-state index in [2.05, 4.69) is 15.0 Å². The molecule has 0 spiro atoms. The first-order valence-electron chi connectivity index (χ1n) is 9.68. The van der Waals surface area contributed by atoms with E-state index in [9.17, 15) is 13.2 Å². The number of aliphatic imine (C=N–C) groups is 1. The van der Waals surface area contributed by atoms with E-state index in [1.807, 2.05) is 13.8 Å². The predicted octanol–water partition coefficient (Wildman–Crippen LogP) is 3.32. The van der Waals surface area contributed by atoms with Crippen LogP contribution in [0.2, 0.25) is 0 Å². The van der Waals surface area contributed by atoms with Crippen LogP contribution >= 0.6 is 0 Å². The Balaban J connectivity index is 1.83. The van der Waals surface area contributed by atoms with Gasteiger partial charge in [-0.1, -0.05) is 31.9 Å². The molecule has 7 nitrogen and oxygen atoms in total. The maximum atomic E-state index is 12.9. The Morgan fingerprint density at radius 3 is 2.55 bits per heavy atom. The molecule has 0 fully saturated rings. The number of amidine groups is 1. The van der Waals surface area contributed by atoms with Crippen LogP contribution in [0.5, 0.6) is 5.75 Å². The van der Waals surface area contributed by atoms with Crippen LogP contribution < -0.4 is 14.8 Å². The molecule has 1 aliphatic heterocycles. The number of unbranched alkanes of at least 4 members (excludes halogenated alkanes) is 1. The monoisotopic (exact) mass is 415 g/mol. The SMILES string of the molecule is CCCCC(N=C1NS(=O)(=O)c2ccccc21)C(=O)Nc1ccc(OCC)cc1. The number of benzene rings is 2. The molecule has 0 saturated carbocycles. The molecule has 8 heteroatoms. The number of ether oxygens (including phenoxy) is 1. The molecule has 2 aromatic rings. The molecule has 0 radical (unpaired) electrons. The fourth-order valence-corrected chi connectivity index (χ4v) is 4.30. The van der Waals surface area contributed by atoms with Crippen molar-refractivity contribution in [3.05, 3.63) is 54.1 Å². The van der Waals surface area contributed by atoms with Gasteiger partial charge >= 0.3 is 0 Å². The number of amides is 1. The minimum atomic E-state index is -3.64. The molecule has 1 unspecified atom stereocenters. The van der Waals surface area contributed by atoms with E-state index >= 15 is 0 Å². The zero-order valence-corrected chi connectivity index (χ0v) is 17.3. The molecule has 0 saturated heterocycles. The highest BCUT2D eigenvalue weighted by Gasteiger charge is 2.31. The quantitative estimate of drug-likeness (QED) is 0.691. The number of carbonyl (C=O) groups excluding carboxylic acids is 1. The fraction of sp³-hybridized carbons (Fsp3) is 0.333. The highest BCUT2D eigenvalue weighted by Crippen LogP contribution is 2.23. The zero-order chi connectivity index (χ0) is 20.9. The van der Waals surface area contributed by atoms with Crippen LogP contribution in [0.15, 0.2) is 58.4 Å². The maximum Gasteiger partial charge on any atom is 0.263 e. The van der Waals surface area contributed by atoms with Gasteiger partial charge in [-0.05, 0) is 49.7 Å². The smallest absolute Gasteiger partial charge is 0.263 e. The lowest BCUT2D eigenvalue weighted by Gasteiger charge is -2.14. The highest BCUT2D eigenvalue weighted by molar-refractivity contribution is 7.90. The lowest BCUT2D eigenvalue weighted by atomic mass is 10.1. The summed E-state index contributed by atoms with van der Waals surface area (Å²) in [5.41, 5.74) is 1.12. The Labute approximate surface area is 171 Å². The van der Waals surface area contributed by atoms with E-state index < -0.39 is 16.1 Å². The first-order chi connectivity index (χ1) is 13.9. The van der Waals surface area contributed by atoms with Gasteiger partial charge in [-0.3, -0.25) is 14.5 Å². The lowest BCUT2D eigenvalue weighted by molar-refractivity contribution is -0.117. The first kappa shape index (κ1) is 20.9. The lowest BCUT2D eigenvalue weighted by Crippen LogP contribution is -2.30. The van der Waals surface area contributed by atoms with Crippen LogP contribution in [0.1, 0.15) is 38.7 Å². The molecule has 29 heavy (non-hydrogen) atoms. The van der Waals surface area contributed by atoms with Gasteiger partial charge in [0, 0.05) is 11.3 Å². The van der Waals surface area contributed by atoms with Crippen molar-refractivity contribution in [3.8, 4) is 5.75 Å². The molecule has 1 atom stereocenters. The summed E-state index contributed by atoms with van der Waals surface area (Å²) < 4.78 is 32.5. The number of anilines is 1. The summed E-state index contributed by atoms with van der Waals surface area (Å²) in [7, 11) is -3.64. The largest absolute Gasteiger partial charge is 0.494 e. The standard InChI is InChI=1S/C21H25N3O4S/c1-3-5-9-18(21(25)22-15-11-13-16(14-12-15)28-4-2)23-20-17-8-6-7-10-19(17)29(26,27)24-20/h6-8,10-14,18H,3-5,9H2,1-2H3,(H,22,25)(H,23,24). The summed E-state index contributed by atoms with van der Waals surface area (Å²) in [6.45, 7) is 4.50. The van der Waals surface area contributed by atoms with Gasteiger partial charge < -0.3 is 10.1 Å². The summed E-state index contributed by atoms with van der Waals surface area (Å²) in [6.07, 6.45) is 2.22. The van der Waals surface area contributed by atoms with E-state index in [0.29, 0.717) is 24.3 Å². The second kappa shape index (κ2) is 9.09. The average Bonchev–Trinajstić information content (AvgIpc) is 2.97. The molecule has 2 aromatic carbocycles. The highest BCUT2D eigenvalue weighted by atomic mass is 32.2. The molecule has 154 valence electrons. The molecule has 1 amide bonds. The van der Waals surface area contributed by atoms with Crippen molar-refractivity contribution in [2.45, 2.75) is 44.0 Å². The molecule has 0 aromatic heterocycles. The minimum absolute atomic E-state index is 0.180. The summed E-state index contributed by atoms with van der Waals surface area (Å²) in [5, 5.41) is 2.86. The summed E-state index contributed by atoms with van der Waals surface area (Å²) in [4.78, 5) is 17.5. The molecule has 0 aliphatic carbocycles. The Bertz CT molecular complexity index is 1000. The Kier molecular flexibility index (Phi) is 6.53. The van der Waals surface area contributed by atoms with Gasteiger partial charge in [-0.15, -0.1) is 0 Å². The summed E-state index contributed by atoms with van der Waals surface area (Å²) in [5.74, 6) is 0.660. The molecule has 0 bridgehead atoms. The third kappa shape index (κ3) is 4.95. The van der Waals surface area contributed by atoms with Crippen LogP contribution in [0, 0.1) is 0 Å². The molecule has 2 N–H and O–H groups in total. The third-order valence-electron chi connectivity index (χ3n) is 4.51. The van der Waals surface area contributed by atoms with E-state index in [1.54, 1.807) is 42.5 Å². The number of fused-ring (bicyclic) bond motifs is 1. The van der Waals surface area contributed by atoms with Crippen molar-refractivity contribution in [2.75, 3.05) is 11.9 Å². The van der Waals surface area contributed by atoms with Gasteiger partial charge in [0.2, 0.25) is 5.91 Å². The van der Waals surface area contributed by atoms with Crippen LogP contribution in [-0.2, 0) is 14.8 Å². The molecule has 3 rings (SSSR count). The number of hydrogen-bond acceptors (Lipinski definition) is 5. The molecule has 1 aliphatic rings. The van der Waals surface area contributed by atoms with Gasteiger partial charge in [0.05, 0.1) is 11.5 Å². The molecule has 1 heterocycles. The average molecular weight is 416 g/mol. The number of rotatable bonds is 8. The Morgan fingerprint density at radius 2 is 1.86 bits per heavy atom. The normalized spacial score (nSPS) is 16.7. The van der Waals surface area contributed by atoms with Crippen LogP contribution in [0.4, 0.5) is 5.69 Å². The van der Waals surface area contributed by atoms with Crippen molar-refractivity contribution in [1.82, 2.24) is 4.72 Å². The number of nitrogens with one attached hydrogen (secondary N) is 2. The minimum Gasteiger partial charge on any atom is -0.494 e. The van der Waals surface area contributed by atoms with Crippen molar-refractivity contribution in [1.29, 1.82) is 0 Å². The third-order valence-corrected chi connectivity index (χ3v) is 5.91. The van der Waals surface area contributed by atoms with Gasteiger partial charge in [0.15, 0.2) is 0 Å². The summed E-state index contributed by atoms with van der Waals surface area (Å²) in [6, 6.07) is 13.0. The molecular formula is C21H25N3O4S. The van der Waals surface area contributed by atoms with Crippen LogP contribution in [-0.4, -0.2) is 32.8 Å². The van der Waals surface area contributed by atoms with Crippen LogP contribution in [0.25, 0.3) is 0 Å². The van der Waals surface area contributed by atoms with Crippen LogP contribution in [0.3, 0.4) is 0 Å². The topological polar surface area (TPSA) is 96.9 Å². The second-order valence-corrected chi connectivity index (χ2v) is 8.33. The van der Waals surface area contributed by atoms with Crippen molar-refractivity contribution in [3.63, 3.8) is 0 Å². The fourth-order valence-electron chi connectivity index (χ4n) is 3.06. The molecular weight excluding hydrogens is 390 g/mol.